The molecule has 0 saturated carbocycles. The Balaban J connectivity index is 1.61. The molecule has 0 aliphatic heterocycles. The van der Waals surface area contributed by atoms with E-state index in [1.165, 1.54) is 6.26 Å². The van der Waals surface area contributed by atoms with Crippen LogP contribution in [0.25, 0.3) is 0 Å². The van der Waals surface area contributed by atoms with Crippen molar-refractivity contribution in [2.75, 3.05) is 5.32 Å². The Bertz CT molecular complexity index is 1100. The molecule has 1 heterocycles. The molecule has 0 fully saturated rings. The molecule has 0 bridgehead atoms. The lowest BCUT2D eigenvalue weighted by Crippen LogP contribution is -2.49. The monoisotopic (exact) mass is 453 g/mol. The minimum atomic E-state index is -0.736. The molecule has 2 aromatic carbocycles. The molecule has 7 nitrogen and oxygen atoms in total. The van der Waals surface area contributed by atoms with Crippen LogP contribution in [0.1, 0.15) is 40.3 Å². The van der Waals surface area contributed by atoms with Crippen molar-refractivity contribution < 1.29 is 18.8 Å². The summed E-state index contributed by atoms with van der Waals surface area (Å²) < 4.78 is 5.08. The first-order chi connectivity index (χ1) is 15.3. The van der Waals surface area contributed by atoms with Crippen molar-refractivity contribution in [1.82, 2.24) is 10.6 Å². The summed E-state index contributed by atoms with van der Waals surface area (Å²) in [4.78, 5) is 37.5. The number of anilines is 1. The van der Waals surface area contributed by atoms with Crippen LogP contribution in [0.5, 0.6) is 0 Å². The van der Waals surface area contributed by atoms with Crippen LogP contribution in [-0.4, -0.2) is 23.8 Å². The number of halogens is 1. The van der Waals surface area contributed by atoms with Gasteiger partial charge >= 0.3 is 0 Å². The van der Waals surface area contributed by atoms with E-state index in [4.69, 9.17) is 16.0 Å². The maximum Gasteiger partial charge on any atom is 0.291 e. The lowest BCUT2D eigenvalue weighted by atomic mass is 10.0. The molecule has 3 N–H and O–H groups in total. The van der Waals surface area contributed by atoms with E-state index in [2.05, 4.69) is 16.0 Å². The predicted octanol–water partition coefficient (Wildman–Crippen LogP) is 4.26. The van der Waals surface area contributed by atoms with Crippen molar-refractivity contribution in [3.8, 4) is 0 Å². The number of amides is 3. The summed E-state index contributed by atoms with van der Waals surface area (Å²) in [7, 11) is 0. The summed E-state index contributed by atoms with van der Waals surface area (Å²) in [6.45, 7) is 3.93. The molecule has 0 spiro atoms. The van der Waals surface area contributed by atoms with E-state index < -0.39 is 11.9 Å². The Morgan fingerprint density at radius 3 is 2.44 bits per heavy atom. The molecule has 0 aliphatic rings. The van der Waals surface area contributed by atoms with Crippen LogP contribution in [0, 0.1) is 5.92 Å². The first kappa shape index (κ1) is 23.1. The van der Waals surface area contributed by atoms with E-state index in [1.54, 1.807) is 54.6 Å². The number of hydrogen-bond acceptors (Lipinski definition) is 4. The molecule has 1 atom stereocenters. The van der Waals surface area contributed by atoms with Crippen LogP contribution in [0.2, 0.25) is 5.02 Å². The van der Waals surface area contributed by atoms with E-state index in [0.717, 1.165) is 5.56 Å². The minimum Gasteiger partial charge on any atom is -0.459 e. The second-order valence-electron chi connectivity index (χ2n) is 7.52. The molecule has 3 rings (SSSR count). The fourth-order valence-corrected chi connectivity index (χ4v) is 3.28. The third-order valence-corrected chi connectivity index (χ3v) is 5.08. The van der Waals surface area contributed by atoms with Crippen molar-refractivity contribution in [1.29, 1.82) is 0 Å². The molecule has 0 aliphatic carbocycles. The number of carbonyl (C=O) groups is 3. The second kappa shape index (κ2) is 10.6. The Kier molecular flexibility index (Phi) is 7.68. The number of benzene rings is 2. The average Bonchev–Trinajstić information content (AvgIpc) is 3.31. The summed E-state index contributed by atoms with van der Waals surface area (Å²) in [6, 6.07) is 16.3. The largest absolute Gasteiger partial charge is 0.459 e. The molecule has 3 amide bonds. The lowest BCUT2D eigenvalue weighted by molar-refractivity contribution is -0.124. The average molecular weight is 454 g/mol. The quantitative estimate of drug-likeness (QED) is 0.474. The summed E-state index contributed by atoms with van der Waals surface area (Å²) in [5.74, 6) is -1.02. The van der Waals surface area contributed by atoms with Gasteiger partial charge < -0.3 is 20.4 Å². The third kappa shape index (κ3) is 5.98. The van der Waals surface area contributed by atoms with Crippen molar-refractivity contribution in [2.45, 2.75) is 26.4 Å². The van der Waals surface area contributed by atoms with Crippen LogP contribution in [0.4, 0.5) is 5.69 Å². The summed E-state index contributed by atoms with van der Waals surface area (Å²) in [5.41, 5.74) is 1.67. The second-order valence-corrected chi connectivity index (χ2v) is 7.93. The number of hydrogen-bond donors (Lipinski definition) is 3. The number of furan rings is 1. The molecule has 166 valence electrons. The summed E-state index contributed by atoms with van der Waals surface area (Å²) in [6.07, 6.45) is 1.43. The van der Waals surface area contributed by atoms with Crippen LogP contribution in [0.15, 0.2) is 71.3 Å². The van der Waals surface area contributed by atoms with Gasteiger partial charge in [0.15, 0.2) is 5.76 Å². The Morgan fingerprint density at radius 1 is 0.969 bits per heavy atom. The standard InChI is InChI=1S/C24H24ClN3O4/c1-15(2)21(28-22(29)18-9-3-4-10-19(18)25)24(31)26-14-16-7-5-8-17(13-16)27-23(30)20-11-6-12-32-20/h3-13,15,21H,14H2,1-2H3,(H,26,31)(H,27,30)(H,28,29). The molecule has 3 aromatic rings. The highest BCUT2D eigenvalue weighted by Crippen LogP contribution is 2.16. The Labute approximate surface area is 191 Å². The fraction of sp³-hybridized carbons (Fsp3) is 0.208. The minimum absolute atomic E-state index is 0.139. The van der Waals surface area contributed by atoms with Crippen LogP contribution in [-0.2, 0) is 11.3 Å². The molecule has 0 saturated heterocycles. The number of nitrogens with one attached hydrogen (secondary N) is 3. The van der Waals surface area contributed by atoms with E-state index >= 15 is 0 Å². The normalized spacial score (nSPS) is 11.6. The van der Waals surface area contributed by atoms with Crippen molar-refractivity contribution in [3.05, 3.63) is 88.8 Å². The molecule has 1 aromatic heterocycles. The molecule has 8 heteroatoms. The summed E-state index contributed by atoms with van der Waals surface area (Å²) >= 11 is 6.09. The first-order valence-corrected chi connectivity index (χ1v) is 10.5. The highest BCUT2D eigenvalue weighted by Gasteiger charge is 2.25. The molecule has 32 heavy (non-hydrogen) atoms. The van der Waals surface area contributed by atoms with Gasteiger partial charge in [-0.2, -0.15) is 0 Å². The maximum atomic E-state index is 12.8. The van der Waals surface area contributed by atoms with E-state index in [0.29, 0.717) is 16.3 Å². The molecule has 1 unspecified atom stereocenters. The van der Waals surface area contributed by atoms with Gasteiger partial charge in [0.25, 0.3) is 11.8 Å². The van der Waals surface area contributed by atoms with Gasteiger partial charge in [-0.1, -0.05) is 49.7 Å². The molecular formula is C24H24ClN3O4. The highest BCUT2D eigenvalue weighted by atomic mass is 35.5. The van der Waals surface area contributed by atoms with Crippen molar-refractivity contribution >= 4 is 35.0 Å². The van der Waals surface area contributed by atoms with Gasteiger partial charge in [0.05, 0.1) is 16.8 Å². The van der Waals surface area contributed by atoms with Gasteiger partial charge in [-0.3, -0.25) is 14.4 Å². The van der Waals surface area contributed by atoms with Crippen molar-refractivity contribution in [3.63, 3.8) is 0 Å². The van der Waals surface area contributed by atoms with Gasteiger partial charge in [0.1, 0.15) is 6.04 Å². The fourth-order valence-electron chi connectivity index (χ4n) is 3.06. The van der Waals surface area contributed by atoms with Gasteiger partial charge in [-0.25, -0.2) is 0 Å². The zero-order valence-electron chi connectivity index (χ0n) is 17.7. The topological polar surface area (TPSA) is 100 Å². The third-order valence-electron chi connectivity index (χ3n) is 4.75. The van der Waals surface area contributed by atoms with Crippen molar-refractivity contribution in [2.24, 2.45) is 5.92 Å². The van der Waals surface area contributed by atoms with Crippen LogP contribution in [0.3, 0.4) is 0 Å². The summed E-state index contributed by atoms with van der Waals surface area (Å²) in [5, 5.41) is 8.67. The zero-order valence-corrected chi connectivity index (χ0v) is 18.5. The number of carbonyl (C=O) groups excluding carboxylic acids is 3. The first-order valence-electron chi connectivity index (χ1n) is 10.1. The highest BCUT2D eigenvalue weighted by molar-refractivity contribution is 6.33. The smallest absolute Gasteiger partial charge is 0.291 e. The lowest BCUT2D eigenvalue weighted by Gasteiger charge is -2.22. The van der Waals surface area contributed by atoms with E-state index in [1.807, 2.05) is 19.9 Å². The SMILES string of the molecule is CC(C)C(NC(=O)c1ccccc1Cl)C(=O)NCc1cccc(NC(=O)c2ccco2)c1. The zero-order chi connectivity index (χ0) is 23.1. The molecule has 0 radical (unpaired) electrons. The predicted molar refractivity (Wildman–Crippen MR) is 122 cm³/mol. The maximum absolute atomic E-state index is 12.8. The van der Waals surface area contributed by atoms with Gasteiger partial charge in [-0.15, -0.1) is 0 Å². The van der Waals surface area contributed by atoms with Crippen LogP contribution < -0.4 is 16.0 Å². The Hall–Kier alpha value is -3.58. The number of rotatable bonds is 8. The molecular weight excluding hydrogens is 430 g/mol. The van der Waals surface area contributed by atoms with Crippen LogP contribution >= 0.6 is 11.6 Å². The Morgan fingerprint density at radius 2 is 1.75 bits per heavy atom. The van der Waals surface area contributed by atoms with Gasteiger partial charge in [-0.05, 0) is 47.9 Å². The van der Waals surface area contributed by atoms with Gasteiger partial charge in [0.2, 0.25) is 5.91 Å². The van der Waals surface area contributed by atoms with E-state index in [-0.39, 0.29) is 30.0 Å². The van der Waals surface area contributed by atoms with Gasteiger partial charge in [0, 0.05) is 12.2 Å². The van der Waals surface area contributed by atoms with E-state index in [9.17, 15) is 14.4 Å².